The third-order valence-electron chi connectivity index (χ3n) is 7.00. The average Bonchev–Trinajstić information content (AvgIpc) is 3.24. The molecule has 0 radical (unpaired) electrons. The summed E-state index contributed by atoms with van der Waals surface area (Å²) < 4.78 is 0. The summed E-state index contributed by atoms with van der Waals surface area (Å²) in [7, 11) is 0. The van der Waals surface area contributed by atoms with Crippen molar-refractivity contribution in [2.24, 2.45) is 11.8 Å². The average molecular weight is 434 g/mol. The Morgan fingerprint density at radius 1 is 0.844 bits per heavy atom. The van der Waals surface area contributed by atoms with Crippen molar-refractivity contribution >= 4 is 17.5 Å². The Hall–Kier alpha value is -2.82. The molecule has 5 nitrogen and oxygen atoms in total. The summed E-state index contributed by atoms with van der Waals surface area (Å²) in [6.07, 6.45) is 0. The molecule has 32 heavy (non-hydrogen) atoms. The van der Waals surface area contributed by atoms with Crippen molar-refractivity contribution < 1.29 is 9.59 Å². The topological polar surface area (TPSA) is 43.9 Å². The Morgan fingerprint density at radius 2 is 1.50 bits per heavy atom. The van der Waals surface area contributed by atoms with E-state index in [1.807, 2.05) is 23.6 Å². The van der Waals surface area contributed by atoms with Crippen molar-refractivity contribution in [1.82, 2.24) is 9.80 Å². The summed E-state index contributed by atoms with van der Waals surface area (Å²) in [5.41, 5.74) is 4.89. The molecule has 2 aromatic rings. The van der Waals surface area contributed by atoms with Gasteiger partial charge >= 0.3 is 0 Å². The highest BCUT2D eigenvalue weighted by atomic mass is 16.2. The highest BCUT2D eigenvalue weighted by Gasteiger charge is 2.42. The fraction of sp³-hybridized carbons (Fsp3) is 0.481. The Morgan fingerprint density at radius 3 is 2.12 bits per heavy atom. The van der Waals surface area contributed by atoms with Crippen molar-refractivity contribution in [1.29, 1.82) is 0 Å². The maximum atomic E-state index is 13.7. The highest BCUT2D eigenvalue weighted by Crippen LogP contribution is 2.35. The minimum absolute atomic E-state index is 0.0554. The first kappa shape index (κ1) is 22.4. The molecule has 0 bridgehead atoms. The first-order chi connectivity index (χ1) is 15.3. The van der Waals surface area contributed by atoms with E-state index < -0.39 is 0 Å². The second-order valence-electron chi connectivity index (χ2n) is 9.62. The molecule has 2 atom stereocenters. The predicted molar refractivity (Wildman–Crippen MR) is 129 cm³/mol. The van der Waals surface area contributed by atoms with Crippen molar-refractivity contribution in [2.75, 3.05) is 44.2 Å². The molecule has 5 heteroatoms. The van der Waals surface area contributed by atoms with Gasteiger partial charge in [0.15, 0.2) is 0 Å². The van der Waals surface area contributed by atoms with E-state index in [1.54, 1.807) is 0 Å². The molecule has 2 aliphatic rings. The molecule has 0 spiro atoms. The molecule has 2 amide bonds. The van der Waals surface area contributed by atoms with Crippen LogP contribution in [-0.2, 0) is 9.59 Å². The number of carbonyl (C=O) groups is 2. The number of hydrogen-bond acceptors (Lipinski definition) is 3. The van der Waals surface area contributed by atoms with Gasteiger partial charge in [0.25, 0.3) is 0 Å². The van der Waals surface area contributed by atoms with E-state index >= 15 is 0 Å². The van der Waals surface area contributed by atoms with Crippen LogP contribution in [0.1, 0.15) is 36.5 Å². The van der Waals surface area contributed by atoms with Gasteiger partial charge in [0.05, 0.1) is 5.92 Å². The SMILES string of the molecule is Cc1ccc(C2CN(C(=O)C(C)C)CC2C(=O)N2CCN(c3ccccc3C)CC2)cc1. The largest absolute Gasteiger partial charge is 0.368 e. The summed E-state index contributed by atoms with van der Waals surface area (Å²) in [6.45, 7) is 12.4. The van der Waals surface area contributed by atoms with Crippen LogP contribution >= 0.6 is 0 Å². The molecule has 2 unspecified atom stereocenters. The third-order valence-corrected chi connectivity index (χ3v) is 7.00. The van der Waals surface area contributed by atoms with Crippen molar-refractivity contribution in [3.05, 3.63) is 65.2 Å². The van der Waals surface area contributed by atoms with Gasteiger partial charge in [-0.2, -0.15) is 0 Å². The summed E-state index contributed by atoms with van der Waals surface area (Å²) in [4.78, 5) is 32.7. The standard InChI is InChI=1S/C27H35N3O2/c1-19(2)26(31)30-17-23(22-11-9-20(3)10-12-22)24(18-30)27(32)29-15-13-28(14-16-29)25-8-6-5-7-21(25)4/h5-12,19,23-24H,13-18H2,1-4H3. The maximum absolute atomic E-state index is 13.7. The molecule has 0 aliphatic carbocycles. The molecule has 0 N–H and O–H groups in total. The summed E-state index contributed by atoms with van der Waals surface area (Å²) >= 11 is 0. The second kappa shape index (κ2) is 9.35. The van der Waals surface area contributed by atoms with Crippen molar-refractivity contribution in [3.8, 4) is 0 Å². The van der Waals surface area contributed by atoms with E-state index in [-0.39, 0.29) is 29.6 Å². The summed E-state index contributed by atoms with van der Waals surface area (Å²) in [5.74, 6) is 0.159. The molecule has 2 heterocycles. The van der Waals surface area contributed by atoms with Gasteiger partial charge in [-0.3, -0.25) is 9.59 Å². The monoisotopic (exact) mass is 433 g/mol. The normalized spacial score (nSPS) is 21.3. The number of benzene rings is 2. The fourth-order valence-electron chi connectivity index (χ4n) is 5.07. The van der Waals surface area contributed by atoms with Gasteiger partial charge in [-0.25, -0.2) is 0 Å². The molecule has 2 aromatic carbocycles. The zero-order valence-corrected chi connectivity index (χ0v) is 19.8. The Bertz CT molecular complexity index is 961. The molecule has 4 rings (SSSR count). The number of carbonyl (C=O) groups excluding carboxylic acids is 2. The van der Waals surface area contributed by atoms with E-state index in [0.29, 0.717) is 13.1 Å². The molecule has 0 aromatic heterocycles. The zero-order valence-electron chi connectivity index (χ0n) is 19.8. The van der Waals surface area contributed by atoms with Crippen LogP contribution in [0.15, 0.2) is 48.5 Å². The van der Waals surface area contributed by atoms with Gasteiger partial charge in [-0.15, -0.1) is 0 Å². The third kappa shape index (κ3) is 4.52. The van der Waals surface area contributed by atoms with Crippen LogP contribution in [0.4, 0.5) is 5.69 Å². The number of para-hydroxylation sites is 1. The molecular weight excluding hydrogens is 398 g/mol. The van der Waals surface area contributed by atoms with Crippen LogP contribution in [0.25, 0.3) is 0 Å². The van der Waals surface area contributed by atoms with Crippen LogP contribution in [0.3, 0.4) is 0 Å². The van der Waals surface area contributed by atoms with E-state index in [1.165, 1.54) is 16.8 Å². The van der Waals surface area contributed by atoms with Gasteiger partial charge in [0.2, 0.25) is 11.8 Å². The van der Waals surface area contributed by atoms with Gasteiger partial charge < -0.3 is 14.7 Å². The van der Waals surface area contributed by atoms with Gasteiger partial charge in [-0.1, -0.05) is 61.9 Å². The van der Waals surface area contributed by atoms with E-state index in [4.69, 9.17) is 0 Å². The molecule has 170 valence electrons. The number of amides is 2. The first-order valence-corrected chi connectivity index (χ1v) is 11.8. The quantitative estimate of drug-likeness (QED) is 0.736. The molecule has 2 fully saturated rings. The van der Waals surface area contributed by atoms with Crippen LogP contribution in [0.5, 0.6) is 0 Å². The van der Waals surface area contributed by atoms with E-state index in [0.717, 1.165) is 31.7 Å². The van der Waals surface area contributed by atoms with E-state index in [9.17, 15) is 9.59 Å². The molecule has 0 saturated carbocycles. The number of rotatable bonds is 4. The Kier molecular flexibility index (Phi) is 6.54. The van der Waals surface area contributed by atoms with Crippen LogP contribution < -0.4 is 4.90 Å². The number of likely N-dealkylation sites (tertiary alicyclic amines) is 1. The fourth-order valence-corrected chi connectivity index (χ4v) is 5.07. The molecule has 2 aliphatic heterocycles. The predicted octanol–water partition coefficient (Wildman–Crippen LogP) is 3.85. The van der Waals surface area contributed by atoms with Crippen molar-refractivity contribution in [2.45, 2.75) is 33.6 Å². The first-order valence-electron chi connectivity index (χ1n) is 11.8. The lowest BCUT2D eigenvalue weighted by Gasteiger charge is -2.38. The zero-order chi connectivity index (χ0) is 22.8. The van der Waals surface area contributed by atoms with Crippen molar-refractivity contribution in [3.63, 3.8) is 0 Å². The minimum atomic E-state index is -0.176. The maximum Gasteiger partial charge on any atom is 0.228 e. The smallest absolute Gasteiger partial charge is 0.228 e. The highest BCUT2D eigenvalue weighted by molar-refractivity contribution is 5.84. The van der Waals surface area contributed by atoms with Crippen LogP contribution in [0, 0.1) is 25.7 Å². The van der Waals surface area contributed by atoms with Gasteiger partial charge in [-0.05, 0) is 31.0 Å². The molecular formula is C27H35N3O2. The summed E-state index contributed by atoms with van der Waals surface area (Å²) in [5, 5.41) is 0. The number of anilines is 1. The van der Waals surface area contributed by atoms with E-state index in [2.05, 4.69) is 67.3 Å². The number of hydrogen-bond donors (Lipinski definition) is 0. The lowest BCUT2D eigenvalue weighted by molar-refractivity contribution is -0.136. The minimum Gasteiger partial charge on any atom is -0.368 e. The number of piperazine rings is 1. The second-order valence-corrected chi connectivity index (χ2v) is 9.62. The van der Waals surface area contributed by atoms with Crippen LogP contribution in [0.2, 0.25) is 0 Å². The van der Waals surface area contributed by atoms with Crippen LogP contribution in [-0.4, -0.2) is 60.9 Å². The number of aryl methyl sites for hydroxylation is 2. The summed E-state index contributed by atoms with van der Waals surface area (Å²) in [6, 6.07) is 16.9. The lowest BCUT2D eigenvalue weighted by Crippen LogP contribution is -2.51. The Labute approximate surface area is 192 Å². The van der Waals surface area contributed by atoms with Gasteiger partial charge in [0.1, 0.15) is 0 Å². The van der Waals surface area contributed by atoms with Gasteiger partial charge in [0, 0.05) is 56.8 Å². The molecule has 2 saturated heterocycles. The Balaban J connectivity index is 1.49. The number of nitrogens with zero attached hydrogens (tertiary/aromatic N) is 3. The lowest BCUT2D eigenvalue weighted by atomic mass is 9.87.